The molecule has 0 bridgehead atoms. The van der Waals surface area contributed by atoms with E-state index in [1.165, 1.54) is 6.07 Å². The predicted octanol–water partition coefficient (Wildman–Crippen LogP) is 3.54. The van der Waals surface area contributed by atoms with Gasteiger partial charge in [-0.2, -0.15) is 0 Å². The molecule has 0 saturated heterocycles. The first-order valence-electron chi connectivity index (χ1n) is 5.96. The summed E-state index contributed by atoms with van der Waals surface area (Å²) in [5.74, 6) is 0.785. The Hall–Kier alpha value is -2.08. The van der Waals surface area contributed by atoms with Gasteiger partial charge in [0, 0.05) is 0 Å². The summed E-state index contributed by atoms with van der Waals surface area (Å²) in [4.78, 5) is 4.34. The molecule has 0 aliphatic heterocycles. The fourth-order valence-electron chi connectivity index (χ4n) is 1.98. The number of aryl methyl sites for hydroxylation is 1. The minimum absolute atomic E-state index is 0.327. The molecule has 0 radical (unpaired) electrons. The summed E-state index contributed by atoms with van der Waals surface area (Å²) in [7, 11) is 0. The van der Waals surface area contributed by atoms with E-state index in [2.05, 4.69) is 31.1 Å². The molecule has 3 rings (SSSR count). The monoisotopic (exact) mass is 332 g/mol. The number of pyridine rings is 1. The highest BCUT2D eigenvalue weighted by Gasteiger charge is 2.16. The van der Waals surface area contributed by atoms with Crippen LogP contribution in [0.3, 0.4) is 0 Å². The molecule has 0 aliphatic rings. The zero-order chi connectivity index (χ0) is 14.1. The van der Waals surface area contributed by atoms with E-state index in [1.807, 2.05) is 18.2 Å². The summed E-state index contributed by atoms with van der Waals surface area (Å²) in [5.41, 5.74) is 1.04. The number of benzene rings is 1. The molecule has 20 heavy (non-hydrogen) atoms. The molecule has 0 atom stereocenters. The Morgan fingerprint density at radius 3 is 2.60 bits per heavy atom. The van der Waals surface area contributed by atoms with Crippen LogP contribution in [0.4, 0.5) is 4.39 Å². The van der Waals surface area contributed by atoms with Gasteiger partial charge in [0.15, 0.2) is 5.82 Å². The van der Waals surface area contributed by atoms with Crippen LogP contribution >= 0.6 is 15.9 Å². The van der Waals surface area contributed by atoms with Crippen LogP contribution in [-0.2, 0) is 0 Å². The van der Waals surface area contributed by atoms with Crippen molar-refractivity contribution in [1.82, 2.24) is 19.7 Å². The van der Waals surface area contributed by atoms with Gasteiger partial charge in [0.05, 0.1) is 5.69 Å². The van der Waals surface area contributed by atoms with E-state index < -0.39 is 0 Å². The molecule has 0 fully saturated rings. The Bertz CT molecular complexity index is 769. The molecule has 0 spiro atoms. The number of nitrogens with zero attached hydrogens (tertiary/aromatic N) is 4. The first kappa shape index (κ1) is 12.9. The molecule has 0 aliphatic carbocycles. The second kappa shape index (κ2) is 5.13. The van der Waals surface area contributed by atoms with Crippen LogP contribution in [0.15, 0.2) is 47.1 Å². The van der Waals surface area contributed by atoms with Crippen LogP contribution in [0.25, 0.3) is 17.2 Å². The second-order valence-electron chi connectivity index (χ2n) is 4.20. The minimum Gasteiger partial charge on any atom is -0.275 e. The lowest BCUT2D eigenvalue weighted by molar-refractivity contribution is 0.617. The van der Waals surface area contributed by atoms with Gasteiger partial charge < -0.3 is 0 Å². The third-order valence-electron chi connectivity index (χ3n) is 2.86. The first-order chi connectivity index (χ1) is 9.66. The summed E-state index contributed by atoms with van der Waals surface area (Å²) >= 11 is 3.32. The van der Waals surface area contributed by atoms with Crippen molar-refractivity contribution in [3.8, 4) is 17.2 Å². The van der Waals surface area contributed by atoms with E-state index in [1.54, 1.807) is 29.7 Å². The van der Waals surface area contributed by atoms with Crippen LogP contribution in [0.2, 0.25) is 0 Å². The Kier molecular flexibility index (Phi) is 3.31. The molecule has 0 amide bonds. The van der Waals surface area contributed by atoms with Gasteiger partial charge in [-0.1, -0.05) is 18.2 Å². The number of para-hydroxylation sites is 1. The molecule has 0 saturated carbocycles. The highest BCUT2D eigenvalue weighted by molar-refractivity contribution is 9.10. The largest absolute Gasteiger partial charge is 0.275 e. The Balaban J connectivity index is 2.23. The van der Waals surface area contributed by atoms with E-state index >= 15 is 0 Å². The summed E-state index contributed by atoms with van der Waals surface area (Å²) < 4.78 is 16.3. The summed E-state index contributed by atoms with van der Waals surface area (Å²) in [5, 5.41) is 8.14. The maximum absolute atomic E-state index is 14.0. The Morgan fingerprint density at radius 1 is 1.05 bits per heavy atom. The molecule has 0 N–H and O–H groups in total. The van der Waals surface area contributed by atoms with E-state index in [0.717, 1.165) is 0 Å². The fraction of sp³-hybridized carbons (Fsp3) is 0.0714. The Morgan fingerprint density at radius 2 is 1.85 bits per heavy atom. The third kappa shape index (κ3) is 2.22. The van der Waals surface area contributed by atoms with Crippen molar-refractivity contribution in [3.63, 3.8) is 0 Å². The molecule has 2 heterocycles. The summed E-state index contributed by atoms with van der Waals surface area (Å²) in [6.45, 7) is 1.78. The van der Waals surface area contributed by atoms with Gasteiger partial charge in [0.2, 0.25) is 0 Å². The van der Waals surface area contributed by atoms with E-state index in [4.69, 9.17) is 0 Å². The lowest BCUT2D eigenvalue weighted by atomic mass is 10.2. The lowest BCUT2D eigenvalue weighted by Crippen LogP contribution is -2.03. The second-order valence-corrected chi connectivity index (χ2v) is 5.02. The van der Waals surface area contributed by atoms with Gasteiger partial charge in [-0.05, 0) is 47.1 Å². The Labute approximate surface area is 123 Å². The number of halogens is 2. The molecule has 2 aromatic heterocycles. The summed E-state index contributed by atoms with van der Waals surface area (Å²) in [6, 6.07) is 12.0. The van der Waals surface area contributed by atoms with Crippen molar-refractivity contribution >= 4 is 15.9 Å². The maximum atomic E-state index is 14.0. The van der Waals surface area contributed by atoms with Crippen molar-refractivity contribution < 1.29 is 4.39 Å². The molecule has 1 aromatic carbocycles. The van der Waals surface area contributed by atoms with Crippen molar-refractivity contribution in [2.24, 2.45) is 0 Å². The van der Waals surface area contributed by atoms with Crippen molar-refractivity contribution in [2.75, 3.05) is 0 Å². The SMILES string of the molecule is Cc1nnc(-c2cccc(Br)n2)n1-c1ccccc1F. The van der Waals surface area contributed by atoms with Gasteiger partial charge in [-0.3, -0.25) is 4.57 Å². The topological polar surface area (TPSA) is 43.6 Å². The standard InChI is InChI=1S/C14H10BrFN4/c1-9-18-19-14(11-6-4-8-13(15)17-11)20(9)12-7-3-2-5-10(12)16/h2-8H,1H3. The molecule has 100 valence electrons. The number of hydrogen-bond donors (Lipinski definition) is 0. The van der Waals surface area contributed by atoms with Crippen molar-refractivity contribution in [1.29, 1.82) is 0 Å². The van der Waals surface area contributed by atoms with Crippen LogP contribution < -0.4 is 0 Å². The van der Waals surface area contributed by atoms with E-state index in [-0.39, 0.29) is 5.82 Å². The molecular weight excluding hydrogens is 323 g/mol. The molecule has 0 unspecified atom stereocenters. The molecule has 3 aromatic rings. The van der Waals surface area contributed by atoms with Gasteiger partial charge in [0.1, 0.15) is 21.9 Å². The van der Waals surface area contributed by atoms with Crippen LogP contribution in [-0.4, -0.2) is 19.7 Å². The van der Waals surface area contributed by atoms with E-state index in [9.17, 15) is 4.39 Å². The third-order valence-corrected chi connectivity index (χ3v) is 3.30. The normalized spacial score (nSPS) is 10.8. The average Bonchev–Trinajstić information content (AvgIpc) is 2.81. The quantitative estimate of drug-likeness (QED) is 0.674. The molecular formula is C14H10BrFN4. The highest BCUT2D eigenvalue weighted by Crippen LogP contribution is 2.23. The van der Waals surface area contributed by atoms with Crippen molar-refractivity contribution in [3.05, 3.63) is 58.7 Å². The van der Waals surface area contributed by atoms with Crippen LogP contribution in [0, 0.1) is 12.7 Å². The molecule has 6 heteroatoms. The number of aromatic nitrogens is 4. The highest BCUT2D eigenvalue weighted by atomic mass is 79.9. The zero-order valence-corrected chi connectivity index (χ0v) is 12.2. The minimum atomic E-state index is -0.327. The van der Waals surface area contributed by atoms with Crippen molar-refractivity contribution in [2.45, 2.75) is 6.92 Å². The summed E-state index contributed by atoms with van der Waals surface area (Å²) in [6.07, 6.45) is 0. The van der Waals surface area contributed by atoms with Gasteiger partial charge >= 0.3 is 0 Å². The number of hydrogen-bond acceptors (Lipinski definition) is 3. The zero-order valence-electron chi connectivity index (χ0n) is 10.6. The lowest BCUT2D eigenvalue weighted by Gasteiger charge is -2.09. The molecule has 4 nitrogen and oxygen atoms in total. The first-order valence-corrected chi connectivity index (χ1v) is 6.76. The maximum Gasteiger partial charge on any atom is 0.187 e. The predicted molar refractivity (Wildman–Crippen MR) is 77.0 cm³/mol. The van der Waals surface area contributed by atoms with Gasteiger partial charge in [-0.25, -0.2) is 9.37 Å². The fourth-order valence-corrected chi connectivity index (χ4v) is 2.33. The van der Waals surface area contributed by atoms with Crippen LogP contribution in [0.5, 0.6) is 0 Å². The van der Waals surface area contributed by atoms with Crippen LogP contribution in [0.1, 0.15) is 5.82 Å². The van der Waals surface area contributed by atoms with E-state index in [0.29, 0.717) is 27.6 Å². The van der Waals surface area contributed by atoms with Gasteiger partial charge in [0.25, 0.3) is 0 Å². The van der Waals surface area contributed by atoms with Gasteiger partial charge in [-0.15, -0.1) is 10.2 Å². The smallest absolute Gasteiger partial charge is 0.187 e. The average molecular weight is 333 g/mol. The number of rotatable bonds is 2.